The molecule has 5 nitrogen and oxygen atoms in total. The molecule has 0 aromatic carbocycles. The maximum absolute atomic E-state index is 11.1. The Labute approximate surface area is 67.5 Å². The molecule has 2 rings (SSSR count). The molecule has 0 saturated carbocycles. The van der Waals surface area contributed by atoms with Crippen molar-refractivity contribution in [3.63, 3.8) is 0 Å². The van der Waals surface area contributed by atoms with Gasteiger partial charge in [-0.2, -0.15) is 10.1 Å². The highest BCUT2D eigenvalue weighted by atomic mass is 16.1. The summed E-state index contributed by atoms with van der Waals surface area (Å²) in [6.45, 7) is 1.81. The van der Waals surface area contributed by atoms with E-state index in [1.54, 1.807) is 6.07 Å². The molecule has 0 bridgehead atoms. The number of aromatic nitrogens is 4. The molecule has 0 amide bonds. The van der Waals surface area contributed by atoms with Crippen molar-refractivity contribution in [1.29, 1.82) is 0 Å². The van der Waals surface area contributed by atoms with Crippen molar-refractivity contribution in [3.05, 3.63) is 28.4 Å². The Morgan fingerprint density at radius 3 is 3.08 bits per heavy atom. The maximum Gasteiger partial charge on any atom is 0.301 e. The van der Waals surface area contributed by atoms with E-state index in [1.807, 2.05) is 6.92 Å². The molecular formula is C7H6N4O. The summed E-state index contributed by atoms with van der Waals surface area (Å²) < 4.78 is 0. The lowest BCUT2D eigenvalue weighted by Crippen LogP contribution is -2.09. The van der Waals surface area contributed by atoms with Crippen LogP contribution in [-0.4, -0.2) is 20.2 Å². The molecule has 0 fully saturated rings. The van der Waals surface area contributed by atoms with Gasteiger partial charge in [0.05, 0.1) is 17.5 Å². The van der Waals surface area contributed by atoms with Crippen LogP contribution in [0.25, 0.3) is 11.0 Å². The van der Waals surface area contributed by atoms with Gasteiger partial charge in [-0.3, -0.25) is 4.79 Å². The summed E-state index contributed by atoms with van der Waals surface area (Å²) in [7, 11) is 0. The largest absolute Gasteiger partial charge is 0.344 e. The fraction of sp³-hybridized carbons (Fsp3) is 0.143. The Bertz CT molecular complexity index is 476. The Balaban J connectivity index is 2.96. The predicted molar refractivity (Wildman–Crippen MR) is 42.7 cm³/mol. The summed E-state index contributed by atoms with van der Waals surface area (Å²) in [5, 5.41) is 7.48. The lowest BCUT2D eigenvalue weighted by Gasteiger charge is -1.94. The number of H-pyrrole nitrogens is 1. The van der Waals surface area contributed by atoms with Crippen LogP contribution in [-0.2, 0) is 0 Å². The maximum atomic E-state index is 11.1. The van der Waals surface area contributed by atoms with Crippen LogP contribution < -0.4 is 5.56 Å². The smallest absolute Gasteiger partial charge is 0.301 e. The molecule has 0 saturated heterocycles. The minimum absolute atomic E-state index is 0.281. The SMILES string of the molecule is Cc1cc2[nH]cnc(=O)c2nn1. The molecule has 0 spiro atoms. The van der Waals surface area contributed by atoms with Gasteiger partial charge in [-0.05, 0) is 13.0 Å². The second kappa shape index (κ2) is 2.37. The highest BCUT2D eigenvalue weighted by molar-refractivity contribution is 5.71. The van der Waals surface area contributed by atoms with Gasteiger partial charge in [0.1, 0.15) is 0 Å². The van der Waals surface area contributed by atoms with E-state index < -0.39 is 0 Å². The monoisotopic (exact) mass is 162 g/mol. The Morgan fingerprint density at radius 2 is 2.25 bits per heavy atom. The molecule has 12 heavy (non-hydrogen) atoms. The average Bonchev–Trinajstić information content (AvgIpc) is 2.04. The topological polar surface area (TPSA) is 71.5 Å². The summed E-state index contributed by atoms with van der Waals surface area (Å²) in [6.07, 6.45) is 1.35. The van der Waals surface area contributed by atoms with E-state index in [2.05, 4.69) is 20.2 Å². The third kappa shape index (κ3) is 0.952. The minimum atomic E-state index is -0.351. The van der Waals surface area contributed by atoms with Crippen LogP contribution in [0.2, 0.25) is 0 Å². The van der Waals surface area contributed by atoms with Crippen LogP contribution in [0.15, 0.2) is 17.2 Å². The number of aryl methyl sites for hydroxylation is 1. The fourth-order valence-corrected chi connectivity index (χ4v) is 0.978. The first kappa shape index (κ1) is 6.90. The van der Waals surface area contributed by atoms with Gasteiger partial charge in [-0.1, -0.05) is 0 Å². The fourth-order valence-electron chi connectivity index (χ4n) is 0.978. The summed E-state index contributed by atoms with van der Waals surface area (Å²) in [5.74, 6) is 0. The van der Waals surface area contributed by atoms with Gasteiger partial charge >= 0.3 is 5.56 Å². The van der Waals surface area contributed by atoms with Crippen LogP contribution in [0.4, 0.5) is 0 Å². The molecule has 60 valence electrons. The molecule has 0 aliphatic rings. The van der Waals surface area contributed by atoms with Crippen molar-refractivity contribution in [2.45, 2.75) is 6.92 Å². The number of fused-ring (bicyclic) bond motifs is 1. The molecule has 2 heterocycles. The molecule has 0 aliphatic heterocycles. The van der Waals surface area contributed by atoms with Crippen molar-refractivity contribution in [2.24, 2.45) is 0 Å². The quantitative estimate of drug-likeness (QED) is 0.592. The summed E-state index contributed by atoms with van der Waals surface area (Å²) in [5.41, 5.74) is 1.37. The van der Waals surface area contributed by atoms with Crippen LogP contribution >= 0.6 is 0 Å². The molecule has 0 radical (unpaired) electrons. The van der Waals surface area contributed by atoms with Crippen molar-refractivity contribution in [2.75, 3.05) is 0 Å². The number of hydrogen-bond donors (Lipinski definition) is 1. The first-order chi connectivity index (χ1) is 5.77. The zero-order valence-corrected chi connectivity index (χ0v) is 6.40. The van der Waals surface area contributed by atoms with Gasteiger partial charge < -0.3 is 4.98 Å². The van der Waals surface area contributed by atoms with Crippen molar-refractivity contribution < 1.29 is 0 Å². The standard InChI is InChI=1S/C7H6N4O/c1-4-2-5-6(11-10-4)7(12)9-3-8-5/h2-3H,1H3,(H,8,9,12). The second-order valence-corrected chi connectivity index (χ2v) is 2.46. The van der Waals surface area contributed by atoms with Gasteiger partial charge in [0.2, 0.25) is 0 Å². The van der Waals surface area contributed by atoms with E-state index in [4.69, 9.17) is 0 Å². The Kier molecular flexibility index (Phi) is 1.36. The normalized spacial score (nSPS) is 10.4. The molecule has 1 N–H and O–H groups in total. The number of hydrogen-bond acceptors (Lipinski definition) is 4. The number of rotatable bonds is 0. The zero-order valence-electron chi connectivity index (χ0n) is 6.40. The van der Waals surface area contributed by atoms with Crippen LogP contribution in [0.5, 0.6) is 0 Å². The Hall–Kier alpha value is -1.78. The van der Waals surface area contributed by atoms with E-state index in [-0.39, 0.29) is 11.1 Å². The van der Waals surface area contributed by atoms with Crippen molar-refractivity contribution in [3.8, 4) is 0 Å². The van der Waals surface area contributed by atoms with Gasteiger partial charge in [0.25, 0.3) is 0 Å². The second-order valence-electron chi connectivity index (χ2n) is 2.46. The molecule has 2 aromatic rings. The highest BCUT2D eigenvalue weighted by Gasteiger charge is 1.99. The lowest BCUT2D eigenvalue weighted by molar-refractivity contribution is 0.994. The van der Waals surface area contributed by atoms with Gasteiger partial charge in [0.15, 0.2) is 5.52 Å². The van der Waals surface area contributed by atoms with Gasteiger partial charge in [-0.25, -0.2) is 0 Å². The molecule has 2 aromatic heterocycles. The molecule has 0 aliphatic carbocycles. The lowest BCUT2D eigenvalue weighted by atomic mass is 10.3. The number of aromatic amines is 1. The highest BCUT2D eigenvalue weighted by Crippen LogP contribution is 2.00. The van der Waals surface area contributed by atoms with E-state index in [0.717, 1.165) is 5.69 Å². The first-order valence-corrected chi connectivity index (χ1v) is 3.45. The van der Waals surface area contributed by atoms with E-state index in [1.165, 1.54) is 6.33 Å². The van der Waals surface area contributed by atoms with Crippen LogP contribution in [0.1, 0.15) is 5.69 Å². The van der Waals surface area contributed by atoms with E-state index >= 15 is 0 Å². The van der Waals surface area contributed by atoms with Gasteiger partial charge in [0, 0.05) is 0 Å². The predicted octanol–water partition coefficient (Wildman–Crippen LogP) is 0.0215. The zero-order chi connectivity index (χ0) is 8.55. The van der Waals surface area contributed by atoms with Gasteiger partial charge in [-0.15, -0.1) is 5.10 Å². The van der Waals surface area contributed by atoms with Crippen molar-refractivity contribution in [1.82, 2.24) is 20.2 Å². The minimum Gasteiger partial charge on any atom is -0.344 e. The summed E-state index contributed by atoms with van der Waals surface area (Å²) >= 11 is 0. The summed E-state index contributed by atoms with van der Waals surface area (Å²) in [4.78, 5) is 17.4. The number of nitrogens with one attached hydrogen (secondary N) is 1. The average molecular weight is 162 g/mol. The Morgan fingerprint density at radius 1 is 1.42 bits per heavy atom. The van der Waals surface area contributed by atoms with E-state index in [9.17, 15) is 4.79 Å². The van der Waals surface area contributed by atoms with Crippen LogP contribution in [0, 0.1) is 6.92 Å². The molecule has 0 unspecified atom stereocenters. The summed E-state index contributed by atoms with van der Waals surface area (Å²) in [6, 6.07) is 1.76. The van der Waals surface area contributed by atoms with Crippen molar-refractivity contribution >= 4 is 11.0 Å². The third-order valence-corrected chi connectivity index (χ3v) is 1.52. The van der Waals surface area contributed by atoms with Crippen LogP contribution in [0.3, 0.4) is 0 Å². The molecule has 5 heteroatoms. The third-order valence-electron chi connectivity index (χ3n) is 1.52. The van der Waals surface area contributed by atoms with E-state index in [0.29, 0.717) is 5.52 Å². The first-order valence-electron chi connectivity index (χ1n) is 3.45. The molecular weight excluding hydrogens is 156 g/mol. The number of nitrogens with zero attached hydrogens (tertiary/aromatic N) is 3. The molecule has 0 atom stereocenters.